The van der Waals surface area contributed by atoms with Gasteiger partial charge in [-0.25, -0.2) is 14.1 Å². The van der Waals surface area contributed by atoms with Gasteiger partial charge in [0.15, 0.2) is 0 Å². The molecule has 0 unspecified atom stereocenters. The summed E-state index contributed by atoms with van der Waals surface area (Å²) in [7, 11) is 0. The number of halogens is 1. The number of carbonyl (C=O) groups is 1. The van der Waals surface area contributed by atoms with Gasteiger partial charge in [0.05, 0.1) is 41.3 Å². The topological polar surface area (TPSA) is 109 Å². The Morgan fingerprint density at radius 3 is 2.92 bits per heavy atom. The predicted octanol–water partition coefficient (Wildman–Crippen LogP) is 1.65. The molecule has 1 aliphatic carbocycles. The molecule has 0 bridgehead atoms. The third-order valence-electron chi connectivity index (χ3n) is 4.77. The number of nitrogens with zero attached hydrogens (tertiary/aromatic N) is 4. The van der Waals surface area contributed by atoms with Crippen molar-refractivity contribution in [2.45, 2.75) is 44.4 Å². The fraction of sp³-hybridized carbons (Fsp3) is 0.412. The summed E-state index contributed by atoms with van der Waals surface area (Å²) in [6.07, 6.45) is 4.20. The average molecular weight is 358 g/mol. The number of benzene rings is 1. The first kappa shape index (κ1) is 16.6. The first-order valence-corrected chi connectivity index (χ1v) is 8.39. The highest BCUT2D eigenvalue weighted by Crippen LogP contribution is 2.32. The van der Waals surface area contributed by atoms with Crippen LogP contribution in [0.1, 0.15) is 48.8 Å². The number of rotatable bonds is 4. The molecule has 1 aliphatic rings. The first-order valence-electron chi connectivity index (χ1n) is 8.39. The van der Waals surface area contributed by atoms with Crippen molar-refractivity contribution in [3.63, 3.8) is 0 Å². The quantitative estimate of drug-likeness (QED) is 0.657. The highest BCUT2D eigenvalue weighted by atomic mass is 19.1. The van der Waals surface area contributed by atoms with Crippen LogP contribution >= 0.6 is 0 Å². The van der Waals surface area contributed by atoms with Crippen molar-refractivity contribution in [2.75, 3.05) is 0 Å². The van der Waals surface area contributed by atoms with Gasteiger partial charge in [-0.05, 0) is 38.8 Å². The van der Waals surface area contributed by atoms with E-state index in [1.165, 1.54) is 18.5 Å². The third-order valence-corrected chi connectivity index (χ3v) is 4.77. The van der Waals surface area contributed by atoms with Crippen molar-refractivity contribution in [3.8, 4) is 0 Å². The zero-order valence-electron chi connectivity index (χ0n) is 14.4. The molecule has 8 nitrogen and oxygen atoms in total. The number of amides is 1. The van der Waals surface area contributed by atoms with Crippen molar-refractivity contribution in [1.82, 2.24) is 30.3 Å². The number of fused-ring (bicyclic) bond motifs is 1. The maximum absolute atomic E-state index is 13.8. The summed E-state index contributed by atoms with van der Waals surface area (Å²) in [5, 5.41) is 20.6. The number of aromatic amines is 1. The van der Waals surface area contributed by atoms with E-state index < -0.39 is 17.3 Å². The van der Waals surface area contributed by atoms with Crippen LogP contribution in [0.15, 0.2) is 24.7 Å². The number of aliphatic hydroxyl groups excluding tert-OH is 1. The van der Waals surface area contributed by atoms with E-state index in [0.717, 1.165) is 0 Å². The summed E-state index contributed by atoms with van der Waals surface area (Å²) >= 11 is 0. The van der Waals surface area contributed by atoms with Gasteiger partial charge in [-0.3, -0.25) is 4.79 Å². The van der Waals surface area contributed by atoms with Crippen LogP contribution in [0, 0.1) is 5.82 Å². The van der Waals surface area contributed by atoms with Crippen LogP contribution in [0.25, 0.3) is 11.0 Å². The summed E-state index contributed by atoms with van der Waals surface area (Å²) in [5.41, 5.74) is 0.798. The molecule has 4 rings (SSSR count). The van der Waals surface area contributed by atoms with Crippen molar-refractivity contribution in [1.29, 1.82) is 0 Å². The molecular formula is C17H19FN6O2. The van der Waals surface area contributed by atoms with Gasteiger partial charge < -0.3 is 15.4 Å². The molecule has 0 radical (unpaired) electrons. The molecule has 1 fully saturated rings. The minimum Gasteiger partial charge on any atom is -0.393 e. The van der Waals surface area contributed by atoms with E-state index in [0.29, 0.717) is 29.6 Å². The number of H-pyrrole nitrogens is 1. The maximum atomic E-state index is 13.8. The highest BCUT2D eigenvalue weighted by Gasteiger charge is 2.33. The van der Waals surface area contributed by atoms with Gasteiger partial charge in [-0.1, -0.05) is 5.21 Å². The molecule has 136 valence electrons. The Labute approximate surface area is 148 Å². The van der Waals surface area contributed by atoms with Crippen LogP contribution in [-0.2, 0) is 5.54 Å². The van der Waals surface area contributed by atoms with E-state index >= 15 is 0 Å². The van der Waals surface area contributed by atoms with E-state index in [9.17, 15) is 14.3 Å². The van der Waals surface area contributed by atoms with Crippen molar-refractivity contribution in [3.05, 3.63) is 41.7 Å². The highest BCUT2D eigenvalue weighted by molar-refractivity contribution is 6.05. The van der Waals surface area contributed by atoms with Gasteiger partial charge in [0.2, 0.25) is 0 Å². The first-order chi connectivity index (χ1) is 12.3. The maximum Gasteiger partial charge on any atom is 0.254 e. The summed E-state index contributed by atoms with van der Waals surface area (Å²) in [6.45, 7) is 3.60. The average Bonchev–Trinajstić information content (AvgIpc) is 3.19. The van der Waals surface area contributed by atoms with Gasteiger partial charge in [-0.15, -0.1) is 5.10 Å². The smallest absolute Gasteiger partial charge is 0.254 e. The molecule has 0 atom stereocenters. The summed E-state index contributed by atoms with van der Waals surface area (Å²) in [6, 6.07) is 2.59. The fourth-order valence-electron chi connectivity index (χ4n) is 3.12. The molecule has 3 N–H and O–H groups in total. The normalized spacial score (nSPS) is 20.2. The Hall–Kier alpha value is -2.81. The summed E-state index contributed by atoms with van der Waals surface area (Å²) < 4.78 is 15.5. The van der Waals surface area contributed by atoms with Crippen molar-refractivity contribution < 1.29 is 14.3 Å². The number of carbonyl (C=O) groups excluding carboxylic acids is 1. The second-order valence-corrected chi connectivity index (χ2v) is 7.19. The number of nitrogens with one attached hydrogen (secondary N) is 2. The lowest BCUT2D eigenvalue weighted by Gasteiger charge is -2.31. The minimum absolute atomic E-state index is 0.129. The van der Waals surface area contributed by atoms with Crippen LogP contribution < -0.4 is 5.32 Å². The molecule has 1 aromatic carbocycles. The molecule has 0 spiro atoms. The number of hydrogen-bond donors (Lipinski definition) is 3. The molecule has 2 aromatic heterocycles. The van der Waals surface area contributed by atoms with Crippen LogP contribution in [0.4, 0.5) is 4.39 Å². The largest absolute Gasteiger partial charge is 0.393 e. The molecule has 0 aliphatic heterocycles. The van der Waals surface area contributed by atoms with Gasteiger partial charge in [0.25, 0.3) is 5.91 Å². The number of aliphatic hydroxyl groups is 1. The second kappa shape index (κ2) is 5.87. The van der Waals surface area contributed by atoms with Crippen LogP contribution in [0.2, 0.25) is 0 Å². The Morgan fingerprint density at radius 1 is 1.42 bits per heavy atom. The molecule has 2 heterocycles. The zero-order valence-corrected chi connectivity index (χ0v) is 14.4. The molecule has 3 aromatic rings. The molecule has 0 saturated heterocycles. The predicted molar refractivity (Wildman–Crippen MR) is 90.8 cm³/mol. The van der Waals surface area contributed by atoms with Gasteiger partial charge >= 0.3 is 0 Å². The Bertz CT molecular complexity index is 973. The number of aromatic nitrogens is 5. The number of hydrogen-bond acceptors (Lipinski definition) is 5. The summed E-state index contributed by atoms with van der Waals surface area (Å²) in [5.74, 6) is -0.959. The number of imidazole rings is 1. The third kappa shape index (κ3) is 2.84. The van der Waals surface area contributed by atoms with E-state index in [4.69, 9.17) is 0 Å². The minimum atomic E-state index is -0.813. The Morgan fingerprint density at radius 2 is 2.19 bits per heavy atom. The van der Waals surface area contributed by atoms with E-state index in [1.54, 1.807) is 24.7 Å². The van der Waals surface area contributed by atoms with Gasteiger partial charge in [-0.2, -0.15) is 0 Å². The Balaban J connectivity index is 1.57. The second-order valence-electron chi connectivity index (χ2n) is 7.19. The molecule has 1 amide bonds. The Kier molecular flexibility index (Phi) is 3.76. The van der Waals surface area contributed by atoms with Crippen molar-refractivity contribution >= 4 is 16.9 Å². The monoisotopic (exact) mass is 358 g/mol. The van der Waals surface area contributed by atoms with Crippen LogP contribution in [0.3, 0.4) is 0 Å². The van der Waals surface area contributed by atoms with Crippen LogP contribution in [0.5, 0.6) is 0 Å². The zero-order chi connectivity index (χ0) is 18.5. The molecule has 26 heavy (non-hydrogen) atoms. The van der Waals surface area contributed by atoms with Gasteiger partial charge in [0.1, 0.15) is 17.0 Å². The lowest BCUT2D eigenvalue weighted by atomic mass is 9.89. The fourth-order valence-corrected chi connectivity index (χ4v) is 3.12. The van der Waals surface area contributed by atoms with E-state index in [1.807, 2.05) is 0 Å². The van der Waals surface area contributed by atoms with Gasteiger partial charge in [0, 0.05) is 0 Å². The van der Waals surface area contributed by atoms with Crippen molar-refractivity contribution in [2.24, 2.45) is 0 Å². The standard InChI is InChI=1S/C17H19FN6O2/c1-17(2,14-7-24(23-22-14)10-5-11(25)6-10)21-16(26)12-3-9(18)4-13-15(12)20-8-19-13/h3-4,7-8,10-11,25H,5-6H2,1-2H3,(H,19,20)(H,21,26). The SMILES string of the molecule is CC(C)(NC(=O)c1cc(F)cc2[nH]cnc12)c1cn(C2CC(O)C2)nn1. The summed E-state index contributed by atoms with van der Waals surface area (Å²) in [4.78, 5) is 19.6. The van der Waals surface area contributed by atoms with E-state index in [-0.39, 0.29) is 17.7 Å². The lowest BCUT2D eigenvalue weighted by molar-refractivity contribution is 0.0426. The molecule has 9 heteroatoms. The van der Waals surface area contributed by atoms with E-state index in [2.05, 4.69) is 25.6 Å². The van der Waals surface area contributed by atoms with Crippen LogP contribution in [-0.4, -0.2) is 42.1 Å². The lowest BCUT2D eigenvalue weighted by Crippen LogP contribution is -2.41. The molecular weight excluding hydrogens is 339 g/mol. The molecule has 1 saturated carbocycles.